The molecule has 0 spiro atoms. The van der Waals surface area contributed by atoms with Crippen molar-refractivity contribution in [1.82, 2.24) is 14.9 Å². The Labute approximate surface area is 140 Å². The molecule has 120 valence electrons. The Bertz CT molecular complexity index is 656. The van der Waals surface area contributed by atoms with Gasteiger partial charge in [0.1, 0.15) is 0 Å². The van der Waals surface area contributed by atoms with E-state index >= 15 is 0 Å². The molecule has 1 N–H and O–H groups in total. The largest absolute Gasteiger partial charge is 0.353 e. The van der Waals surface area contributed by atoms with E-state index in [1.165, 1.54) is 11.8 Å². The van der Waals surface area contributed by atoms with Gasteiger partial charge in [0.15, 0.2) is 5.16 Å². The SMILES string of the molecule is CCCn1c(SCC(=O)NC(C)CC)nc2cc(Cl)ccc21. The van der Waals surface area contributed by atoms with Gasteiger partial charge < -0.3 is 9.88 Å². The number of nitrogens with zero attached hydrogens (tertiary/aromatic N) is 2. The molecule has 1 atom stereocenters. The number of fused-ring (bicyclic) bond motifs is 1. The number of benzene rings is 1. The van der Waals surface area contributed by atoms with Crippen LogP contribution in [0.25, 0.3) is 11.0 Å². The fourth-order valence-corrected chi connectivity index (χ4v) is 3.20. The van der Waals surface area contributed by atoms with Crippen molar-refractivity contribution in [3.05, 3.63) is 23.2 Å². The summed E-state index contributed by atoms with van der Waals surface area (Å²) in [5.74, 6) is 0.429. The molecule has 0 radical (unpaired) electrons. The van der Waals surface area contributed by atoms with Crippen LogP contribution < -0.4 is 5.32 Å². The Morgan fingerprint density at radius 3 is 2.91 bits per heavy atom. The number of nitrogens with one attached hydrogen (secondary N) is 1. The summed E-state index contributed by atoms with van der Waals surface area (Å²) in [6, 6.07) is 5.94. The van der Waals surface area contributed by atoms with E-state index in [0.717, 1.165) is 35.6 Å². The summed E-state index contributed by atoms with van der Waals surface area (Å²) in [6.07, 6.45) is 1.95. The van der Waals surface area contributed by atoms with Crippen molar-refractivity contribution in [2.75, 3.05) is 5.75 Å². The smallest absolute Gasteiger partial charge is 0.230 e. The maximum Gasteiger partial charge on any atom is 0.230 e. The van der Waals surface area contributed by atoms with Crippen LogP contribution in [0, 0.1) is 0 Å². The molecule has 1 unspecified atom stereocenters. The molecule has 0 aliphatic carbocycles. The number of thioether (sulfide) groups is 1. The third-order valence-electron chi connectivity index (χ3n) is 3.47. The molecule has 0 aliphatic heterocycles. The van der Waals surface area contributed by atoms with Crippen LogP contribution in [0.4, 0.5) is 0 Å². The molecule has 22 heavy (non-hydrogen) atoms. The molecule has 1 amide bonds. The van der Waals surface area contributed by atoms with E-state index in [-0.39, 0.29) is 11.9 Å². The zero-order chi connectivity index (χ0) is 16.1. The first-order chi connectivity index (χ1) is 10.5. The summed E-state index contributed by atoms with van der Waals surface area (Å²) >= 11 is 7.51. The van der Waals surface area contributed by atoms with E-state index in [1.807, 2.05) is 25.1 Å². The van der Waals surface area contributed by atoms with Gasteiger partial charge in [0, 0.05) is 17.6 Å². The van der Waals surface area contributed by atoms with Crippen molar-refractivity contribution < 1.29 is 4.79 Å². The molecule has 0 saturated carbocycles. The highest BCUT2D eigenvalue weighted by Gasteiger charge is 2.13. The van der Waals surface area contributed by atoms with Crippen LogP contribution in [0.2, 0.25) is 5.02 Å². The van der Waals surface area contributed by atoms with Crippen LogP contribution in [0.15, 0.2) is 23.4 Å². The summed E-state index contributed by atoms with van der Waals surface area (Å²) in [5.41, 5.74) is 1.95. The van der Waals surface area contributed by atoms with Crippen LogP contribution in [0.5, 0.6) is 0 Å². The molecule has 2 aromatic rings. The lowest BCUT2D eigenvalue weighted by atomic mass is 10.3. The summed E-state index contributed by atoms with van der Waals surface area (Å²) in [5, 5.41) is 4.53. The zero-order valence-corrected chi connectivity index (χ0v) is 14.8. The standard InChI is InChI=1S/C16H22ClN3OS/c1-4-8-20-14-7-6-12(17)9-13(14)19-16(20)22-10-15(21)18-11(3)5-2/h6-7,9,11H,4-5,8,10H2,1-3H3,(H,18,21). The number of aromatic nitrogens is 2. The van der Waals surface area contributed by atoms with Gasteiger partial charge in [0.05, 0.1) is 16.8 Å². The number of carbonyl (C=O) groups is 1. The van der Waals surface area contributed by atoms with Crippen molar-refractivity contribution in [3.63, 3.8) is 0 Å². The molecule has 0 fully saturated rings. The van der Waals surface area contributed by atoms with Crippen LogP contribution >= 0.6 is 23.4 Å². The van der Waals surface area contributed by atoms with Crippen LogP contribution in [0.1, 0.15) is 33.6 Å². The first kappa shape index (κ1) is 17.2. The molecule has 1 aromatic heterocycles. The summed E-state index contributed by atoms with van der Waals surface area (Å²) < 4.78 is 2.16. The maximum atomic E-state index is 11.9. The van der Waals surface area contributed by atoms with Crippen molar-refractivity contribution in [3.8, 4) is 0 Å². The molecule has 1 aromatic carbocycles. The van der Waals surface area contributed by atoms with E-state index in [1.54, 1.807) is 0 Å². The van der Waals surface area contributed by atoms with Gasteiger partial charge in [-0.15, -0.1) is 0 Å². The molecule has 6 heteroatoms. The van der Waals surface area contributed by atoms with Crippen molar-refractivity contribution >= 4 is 40.3 Å². The monoisotopic (exact) mass is 339 g/mol. The molecule has 2 rings (SSSR count). The average molecular weight is 340 g/mol. The summed E-state index contributed by atoms with van der Waals surface area (Å²) in [7, 11) is 0. The highest BCUT2D eigenvalue weighted by atomic mass is 35.5. The number of rotatable bonds is 7. The Kier molecular flexibility index (Phi) is 6.15. The Hall–Kier alpha value is -1.20. The quantitative estimate of drug-likeness (QED) is 0.772. The molecular formula is C16H22ClN3OS. The molecule has 1 heterocycles. The molecule has 0 saturated heterocycles. The van der Waals surface area contributed by atoms with E-state index in [9.17, 15) is 4.79 Å². The second kappa shape index (κ2) is 7.88. The van der Waals surface area contributed by atoms with Crippen molar-refractivity contribution in [2.45, 2.75) is 51.4 Å². The molecule has 0 aliphatic rings. The van der Waals surface area contributed by atoms with Crippen molar-refractivity contribution in [2.24, 2.45) is 0 Å². The van der Waals surface area contributed by atoms with Gasteiger partial charge in [-0.05, 0) is 38.0 Å². The lowest BCUT2D eigenvalue weighted by Crippen LogP contribution is -2.33. The Balaban J connectivity index is 2.16. The number of amides is 1. The van der Waals surface area contributed by atoms with Crippen LogP contribution in [0.3, 0.4) is 0 Å². The first-order valence-electron chi connectivity index (χ1n) is 7.63. The number of imidazole rings is 1. The highest BCUT2D eigenvalue weighted by Crippen LogP contribution is 2.26. The number of aryl methyl sites for hydroxylation is 1. The third-order valence-corrected chi connectivity index (χ3v) is 4.69. The van der Waals surface area contributed by atoms with E-state index in [0.29, 0.717) is 10.8 Å². The minimum Gasteiger partial charge on any atom is -0.353 e. The topological polar surface area (TPSA) is 46.9 Å². The minimum atomic E-state index is 0.0486. The second-order valence-corrected chi connectivity index (χ2v) is 6.72. The lowest BCUT2D eigenvalue weighted by Gasteiger charge is -2.11. The normalized spacial score (nSPS) is 12.5. The van der Waals surface area contributed by atoms with E-state index in [2.05, 4.69) is 28.7 Å². The number of hydrogen-bond acceptors (Lipinski definition) is 3. The number of halogens is 1. The molecule has 4 nitrogen and oxygen atoms in total. The second-order valence-electron chi connectivity index (χ2n) is 5.34. The lowest BCUT2D eigenvalue weighted by molar-refractivity contribution is -0.119. The molecule has 0 bridgehead atoms. The number of carbonyl (C=O) groups excluding carboxylic acids is 1. The zero-order valence-electron chi connectivity index (χ0n) is 13.2. The predicted octanol–water partition coefficient (Wildman–Crippen LogP) is 4.11. The van der Waals surface area contributed by atoms with Gasteiger partial charge in [-0.25, -0.2) is 4.98 Å². The predicted molar refractivity (Wildman–Crippen MR) is 93.7 cm³/mol. The Morgan fingerprint density at radius 2 is 2.23 bits per heavy atom. The van der Waals surface area contributed by atoms with Gasteiger partial charge in [-0.3, -0.25) is 4.79 Å². The first-order valence-corrected chi connectivity index (χ1v) is 8.99. The highest BCUT2D eigenvalue weighted by molar-refractivity contribution is 7.99. The Morgan fingerprint density at radius 1 is 1.45 bits per heavy atom. The van der Waals surface area contributed by atoms with E-state index < -0.39 is 0 Å². The summed E-state index contributed by atoms with van der Waals surface area (Å²) in [4.78, 5) is 16.6. The van der Waals surface area contributed by atoms with Crippen molar-refractivity contribution in [1.29, 1.82) is 0 Å². The molecular weight excluding hydrogens is 318 g/mol. The average Bonchev–Trinajstić information content (AvgIpc) is 2.82. The van der Waals surface area contributed by atoms with Gasteiger partial charge in [0.2, 0.25) is 5.91 Å². The summed E-state index contributed by atoms with van der Waals surface area (Å²) in [6.45, 7) is 7.08. The van der Waals surface area contributed by atoms with Gasteiger partial charge >= 0.3 is 0 Å². The maximum absolute atomic E-state index is 11.9. The number of hydrogen-bond donors (Lipinski definition) is 1. The van der Waals surface area contributed by atoms with Crippen LogP contribution in [-0.4, -0.2) is 27.3 Å². The van der Waals surface area contributed by atoms with E-state index in [4.69, 9.17) is 11.6 Å². The fourth-order valence-electron chi connectivity index (χ4n) is 2.18. The fraction of sp³-hybridized carbons (Fsp3) is 0.500. The van der Waals surface area contributed by atoms with Crippen LogP contribution in [-0.2, 0) is 11.3 Å². The van der Waals surface area contributed by atoms with Gasteiger partial charge in [-0.2, -0.15) is 0 Å². The third kappa shape index (κ3) is 4.17. The minimum absolute atomic E-state index is 0.0486. The van der Waals surface area contributed by atoms with Gasteiger partial charge in [0.25, 0.3) is 0 Å². The van der Waals surface area contributed by atoms with Gasteiger partial charge in [-0.1, -0.05) is 37.2 Å².